The van der Waals surface area contributed by atoms with E-state index < -0.39 is 66.6 Å². The lowest BCUT2D eigenvalue weighted by Crippen LogP contribution is -2.71. The molecule has 0 bridgehead atoms. The van der Waals surface area contributed by atoms with Crippen LogP contribution in [-0.2, 0) is 9.47 Å². The van der Waals surface area contributed by atoms with Crippen LogP contribution in [0.25, 0.3) is 0 Å². The molecule has 9 nitrogen and oxygen atoms in total. The maximum atomic E-state index is 12.1. The van der Waals surface area contributed by atoms with E-state index in [1.165, 1.54) is 5.57 Å². The molecule has 0 aromatic heterocycles. The van der Waals surface area contributed by atoms with Gasteiger partial charge in [-0.15, -0.1) is 0 Å². The van der Waals surface area contributed by atoms with Crippen LogP contribution in [0.15, 0.2) is 11.6 Å². The molecule has 2 unspecified atom stereocenters. The van der Waals surface area contributed by atoms with Crippen LogP contribution >= 0.6 is 0 Å². The van der Waals surface area contributed by atoms with E-state index >= 15 is 0 Å². The zero-order valence-corrected chi connectivity index (χ0v) is 28.8. The van der Waals surface area contributed by atoms with Gasteiger partial charge in [-0.2, -0.15) is 0 Å². The van der Waals surface area contributed by atoms with E-state index in [1.54, 1.807) is 0 Å². The lowest BCUT2D eigenvalue weighted by molar-refractivity contribution is -0.346. The van der Waals surface area contributed by atoms with Gasteiger partial charge in [0.05, 0.1) is 30.5 Å². The molecule has 5 rings (SSSR count). The summed E-state index contributed by atoms with van der Waals surface area (Å²) < 4.78 is 12.6. The SMILES string of the molecule is CC(C)=CCC[C@](C)(O)[C@H]1CC[C@]2(C)C1C(O)C[C@@H]1[C@@]3(C)CC[C@H](O)C(C)(C)[C@@H]3[C@@H](O[C@@H]3O[C@H](CO)[C@@H](O)[C@H](O)[C@H]3O)C[C@]12C. The Balaban J connectivity index is 1.54. The van der Waals surface area contributed by atoms with Crippen molar-refractivity contribution in [3.05, 3.63) is 11.6 Å². The van der Waals surface area contributed by atoms with Crippen molar-refractivity contribution in [2.45, 2.75) is 161 Å². The highest BCUT2D eigenvalue weighted by Gasteiger charge is 2.73. The second-order valence-electron chi connectivity index (χ2n) is 17.5. The first kappa shape index (κ1) is 35.7. The average Bonchev–Trinajstić information content (AvgIpc) is 3.33. The van der Waals surface area contributed by atoms with E-state index in [2.05, 4.69) is 54.5 Å². The smallest absolute Gasteiger partial charge is 0.186 e. The Kier molecular flexibility index (Phi) is 9.56. The van der Waals surface area contributed by atoms with Crippen molar-refractivity contribution in [1.82, 2.24) is 0 Å². The highest BCUT2D eigenvalue weighted by Crippen LogP contribution is 2.76. The van der Waals surface area contributed by atoms with E-state index in [-0.39, 0.29) is 39.9 Å². The molecule has 7 N–H and O–H groups in total. The molecule has 4 saturated carbocycles. The highest BCUT2D eigenvalue weighted by molar-refractivity contribution is 5.22. The Labute approximate surface area is 270 Å². The fourth-order valence-corrected chi connectivity index (χ4v) is 11.9. The molecule has 260 valence electrons. The topological polar surface area (TPSA) is 160 Å². The number of hydrogen-bond donors (Lipinski definition) is 7. The van der Waals surface area contributed by atoms with Crippen LogP contribution in [0.4, 0.5) is 0 Å². The van der Waals surface area contributed by atoms with Crippen LogP contribution in [-0.4, -0.2) is 97.0 Å². The van der Waals surface area contributed by atoms with Gasteiger partial charge >= 0.3 is 0 Å². The maximum absolute atomic E-state index is 12.1. The minimum Gasteiger partial charge on any atom is -0.394 e. The number of ether oxygens (including phenoxy) is 2. The zero-order valence-electron chi connectivity index (χ0n) is 28.8. The molecular formula is C36H62O9. The molecule has 45 heavy (non-hydrogen) atoms. The minimum absolute atomic E-state index is 0.0548. The van der Waals surface area contributed by atoms with E-state index in [9.17, 15) is 35.7 Å². The van der Waals surface area contributed by atoms with Crippen LogP contribution in [0.2, 0.25) is 0 Å². The number of aliphatic hydroxyl groups is 7. The second-order valence-corrected chi connectivity index (χ2v) is 17.5. The summed E-state index contributed by atoms with van der Waals surface area (Å²) in [5.74, 6) is -0.186. The highest BCUT2D eigenvalue weighted by atomic mass is 16.7. The fourth-order valence-electron chi connectivity index (χ4n) is 11.9. The molecule has 5 aliphatic rings. The standard InChI is InChI=1S/C36H62O9/c1-19(2)10-9-13-36(8,43)20-11-15-34(6)26(20)21(38)16-24-33(5)14-12-25(39)32(3,4)30(33)22(17-35(24,34)7)44-31-29(42)28(41)27(40)23(18-37)45-31/h10,20-31,37-43H,9,11-18H2,1-8H3/t20-,21?,22-,23+,24+,25-,26?,27+,28-,29+,30-,31+,33+,34+,35+,36-/m0/s1. The molecule has 1 aliphatic heterocycles. The van der Waals surface area contributed by atoms with Crippen LogP contribution in [0, 0.1) is 45.3 Å². The van der Waals surface area contributed by atoms with Crippen LogP contribution in [0.1, 0.15) is 107 Å². The van der Waals surface area contributed by atoms with Gasteiger partial charge in [0, 0.05) is 0 Å². The molecule has 0 aromatic rings. The molecular weight excluding hydrogens is 576 g/mol. The number of fused-ring (bicyclic) bond motifs is 5. The Morgan fingerprint density at radius 3 is 2.22 bits per heavy atom. The predicted molar refractivity (Wildman–Crippen MR) is 170 cm³/mol. The normalized spacial score (nSPS) is 52.2. The average molecular weight is 639 g/mol. The largest absolute Gasteiger partial charge is 0.394 e. The molecule has 5 fully saturated rings. The van der Waals surface area contributed by atoms with Gasteiger partial charge in [-0.25, -0.2) is 0 Å². The summed E-state index contributed by atoms with van der Waals surface area (Å²) in [7, 11) is 0. The van der Waals surface area contributed by atoms with Gasteiger partial charge < -0.3 is 45.2 Å². The third kappa shape index (κ3) is 5.48. The van der Waals surface area contributed by atoms with Crippen molar-refractivity contribution in [2.75, 3.05) is 6.61 Å². The van der Waals surface area contributed by atoms with Gasteiger partial charge in [0.2, 0.25) is 0 Å². The summed E-state index contributed by atoms with van der Waals surface area (Å²) in [4.78, 5) is 0. The monoisotopic (exact) mass is 638 g/mol. The van der Waals surface area contributed by atoms with Gasteiger partial charge in [-0.05, 0) is 117 Å². The second kappa shape index (κ2) is 12.1. The first-order chi connectivity index (χ1) is 20.8. The molecule has 16 atom stereocenters. The van der Waals surface area contributed by atoms with Crippen molar-refractivity contribution >= 4 is 0 Å². The van der Waals surface area contributed by atoms with Crippen molar-refractivity contribution in [1.29, 1.82) is 0 Å². The lowest BCUT2D eigenvalue weighted by atomic mass is 9.34. The van der Waals surface area contributed by atoms with E-state index in [0.717, 1.165) is 25.7 Å². The Morgan fingerprint density at radius 2 is 1.60 bits per heavy atom. The zero-order chi connectivity index (χ0) is 33.5. The maximum Gasteiger partial charge on any atom is 0.186 e. The van der Waals surface area contributed by atoms with E-state index in [0.29, 0.717) is 25.7 Å². The third-order valence-electron chi connectivity index (χ3n) is 14.4. The Hall–Kier alpha value is -0.620. The summed E-state index contributed by atoms with van der Waals surface area (Å²) >= 11 is 0. The Morgan fingerprint density at radius 1 is 0.933 bits per heavy atom. The number of hydrogen-bond acceptors (Lipinski definition) is 9. The molecule has 0 radical (unpaired) electrons. The van der Waals surface area contributed by atoms with Gasteiger partial charge in [-0.1, -0.05) is 46.3 Å². The summed E-state index contributed by atoms with van der Waals surface area (Å²) in [5.41, 5.74) is -1.21. The third-order valence-corrected chi connectivity index (χ3v) is 14.4. The van der Waals surface area contributed by atoms with Gasteiger partial charge in [0.25, 0.3) is 0 Å². The molecule has 0 spiro atoms. The van der Waals surface area contributed by atoms with Crippen molar-refractivity contribution in [2.24, 2.45) is 45.3 Å². The number of aliphatic hydroxyl groups excluding tert-OH is 6. The molecule has 9 heteroatoms. The van der Waals surface area contributed by atoms with Gasteiger partial charge in [0.1, 0.15) is 24.4 Å². The van der Waals surface area contributed by atoms with Crippen molar-refractivity contribution in [3.63, 3.8) is 0 Å². The number of rotatable bonds is 7. The molecule has 4 aliphatic carbocycles. The van der Waals surface area contributed by atoms with Crippen LogP contribution in [0.5, 0.6) is 0 Å². The van der Waals surface area contributed by atoms with Gasteiger partial charge in [-0.3, -0.25) is 0 Å². The van der Waals surface area contributed by atoms with Crippen molar-refractivity contribution < 1.29 is 45.2 Å². The van der Waals surface area contributed by atoms with Crippen molar-refractivity contribution in [3.8, 4) is 0 Å². The first-order valence-electron chi connectivity index (χ1n) is 17.4. The fraction of sp³-hybridized carbons (Fsp3) is 0.944. The molecule has 1 saturated heterocycles. The first-order valence-corrected chi connectivity index (χ1v) is 17.4. The minimum atomic E-state index is -1.54. The van der Waals surface area contributed by atoms with Crippen LogP contribution in [0.3, 0.4) is 0 Å². The summed E-state index contributed by atoms with van der Waals surface area (Å²) in [6, 6.07) is 0. The van der Waals surface area contributed by atoms with E-state index in [1.807, 2.05) is 6.92 Å². The molecule has 0 amide bonds. The molecule has 0 aromatic carbocycles. The molecule has 1 heterocycles. The van der Waals surface area contributed by atoms with Gasteiger partial charge in [0.15, 0.2) is 6.29 Å². The number of allylic oxidation sites excluding steroid dienone is 2. The quantitative estimate of drug-likeness (QED) is 0.164. The summed E-state index contributed by atoms with van der Waals surface area (Å²) in [6.07, 6.45) is -0.603. The summed E-state index contributed by atoms with van der Waals surface area (Å²) in [5, 5.41) is 77.2. The summed E-state index contributed by atoms with van der Waals surface area (Å²) in [6.45, 7) is 16.6. The van der Waals surface area contributed by atoms with E-state index in [4.69, 9.17) is 9.47 Å². The van der Waals surface area contributed by atoms with Crippen LogP contribution < -0.4 is 0 Å². The predicted octanol–water partition coefficient (Wildman–Crippen LogP) is 3.30. The Bertz CT molecular complexity index is 1100. The lowest BCUT2D eigenvalue weighted by Gasteiger charge is -2.72.